The Hall–Kier alpha value is -1.65. The van der Waals surface area contributed by atoms with Crippen LogP contribution in [0.25, 0.3) is 0 Å². The molecule has 0 bridgehead atoms. The highest BCUT2D eigenvalue weighted by atomic mass is 32.2. The molecule has 0 saturated carbocycles. The molecule has 1 fully saturated rings. The van der Waals surface area contributed by atoms with Crippen LogP contribution in [0, 0.1) is 0 Å². The standard InChI is InChI=1S/C14H18F3N3O3S/c1-11(12-2-4-13(5-3-12)14(15,16)17)18-24(22,23)20-8-6-19(10-21)7-9-20/h2-5,10-11,18H,6-9H2,1H3. The Labute approximate surface area is 138 Å². The molecule has 1 aliphatic rings. The molecule has 1 amide bonds. The molecular weight excluding hydrogens is 347 g/mol. The molecule has 24 heavy (non-hydrogen) atoms. The van der Waals surface area contributed by atoms with E-state index in [0.29, 0.717) is 25.1 Å². The highest BCUT2D eigenvalue weighted by molar-refractivity contribution is 7.87. The van der Waals surface area contributed by atoms with Crippen LogP contribution in [-0.4, -0.2) is 50.2 Å². The number of rotatable bonds is 5. The number of alkyl halides is 3. The maximum Gasteiger partial charge on any atom is 0.416 e. The summed E-state index contributed by atoms with van der Waals surface area (Å²) in [5.74, 6) is 0. The van der Waals surface area contributed by atoms with Crippen LogP contribution in [0.4, 0.5) is 13.2 Å². The number of nitrogens with one attached hydrogen (secondary N) is 1. The fourth-order valence-electron chi connectivity index (χ4n) is 2.38. The topological polar surface area (TPSA) is 69.7 Å². The Bertz CT molecular complexity index is 669. The van der Waals surface area contributed by atoms with Gasteiger partial charge in [0.25, 0.3) is 10.2 Å². The van der Waals surface area contributed by atoms with E-state index in [1.807, 2.05) is 0 Å². The average molecular weight is 365 g/mol. The maximum absolute atomic E-state index is 12.5. The lowest BCUT2D eigenvalue weighted by molar-refractivity contribution is -0.137. The van der Waals surface area contributed by atoms with Gasteiger partial charge in [-0.2, -0.15) is 30.6 Å². The molecule has 1 aromatic rings. The van der Waals surface area contributed by atoms with Gasteiger partial charge in [0, 0.05) is 32.2 Å². The molecule has 1 saturated heterocycles. The number of hydrogen-bond acceptors (Lipinski definition) is 3. The Morgan fingerprint density at radius 3 is 2.12 bits per heavy atom. The van der Waals surface area contributed by atoms with Gasteiger partial charge in [0.05, 0.1) is 5.56 Å². The van der Waals surface area contributed by atoms with Gasteiger partial charge in [0.1, 0.15) is 0 Å². The summed E-state index contributed by atoms with van der Waals surface area (Å²) in [4.78, 5) is 12.1. The largest absolute Gasteiger partial charge is 0.416 e. The first-order valence-corrected chi connectivity index (χ1v) is 8.71. The van der Waals surface area contributed by atoms with Crippen molar-refractivity contribution in [3.05, 3.63) is 35.4 Å². The first-order valence-electron chi connectivity index (χ1n) is 7.27. The molecule has 1 aromatic carbocycles. The molecule has 0 spiro atoms. The summed E-state index contributed by atoms with van der Waals surface area (Å²) in [5.41, 5.74) is -0.357. The number of amides is 1. The first-order chi connectivity index (χ1) is 11.1. The number of piperazine rings is 1. The summed E-state index contributed by atoms with van der Waals surface area (Å²) in [7, 11) is -3.78. The van der Waals surface area contributed by atoms with Crippen LogP contribution in [0.3, 0.4) is 0 Å². The Morgan fingerprint density at radius 1 is 1.12 bits per heavy atom. The van der Waals surface area contributed by atoms with Crippen molar-refractivity contribution < 1.29 is 26.4 Å². The van der Waals surface area contributed by atoms with E-state index in [1.54, 1.807) is 6.92 Å². The van der Waals surface area contributed by atoms with E-state index in [9.17, 15) is 26.4 Å². The molecule has 0 aromatic heterocycles. The van der Waals surface area contributed by atoms with Gasteiger partial charge in [-0.25, -0.2) is 0 Å². The van der Waals surface area contributed by atoms with Gasteiger partial charge < -0.3 is 4.90 Å². The minimum atomic E-state index is -4.43. The van der Waals surface area contributed by atoms with Gasteiger partial charge >= 0.3 is 6.18 Å². The van der Waals surface area contributed by atoms with E-state index < -0.39 is 28.0 Å². The minimum absolute atomic E-state index is 0.174. The zero-order valence-electron chi connectivity index (χ0n) is 13.0. The molecule has 134 valence electrons. The zero-order valence-corrected chi connectivity index (χ0v) is 13.8. The molecule has 1 N–H and O–H groups in total. The van der Waals surface area contributed by atoms with Gasteiger partial charge in [-0.05, 0) is 24.6 Å². The van der Waals surface area contributed by atoms with Crippen molar-refractivity contribution >= 4 is 16.6 Å². The monoisotopic (exact) mass is 365 g/mol. The van der Waals surface area contributed by atoms with E-state index in [2.05, 4.69) is 4.72 Å². The fraction of sp³-hybridized carbons (Fsp3) is 0.500. The second-order valence-corrected chi connectivity index (χ2v) is 7.21. The Kier molecular flexibility index (Phi) is 5.51. The molecule has 0 aliphatic carbocycles. The highest BCUT2D eigenvalue weighted by Crippen LogP contribution is 2.30. The normalized spacial score (nSPS) is 18.4. The molecular formula is C14H18F3N3O3S. The van der Waals surface area contributed by atoms with Crippen molar-refractivity contribution in [2.24, 2.45) is 0 Å². The van der Waals surface area contributed by atoms with Crippen molar-refractivity contribution in [1.82, 2.24) is 13.9 Å². The first kappa shape index (κ1) is 18.7. The smallest absolute Gasteiger partial charge is 0.343 e. The van der Waals surface area contributed by atoms with Crippen LogP contribution < -0.4 is 4.72 Å². The third-order valence-electron chi connectivity index (χ3n) is 3.83. The molecule has 1 aliphatic heterocycles. The van der Waals surface area contributed by atoms with Gasteiger partial charge in [-0.3, -0.25) is 4.79 Å². The van der Waals surface area contributed by atoms with Gasteiger partial charge in [-0.15, -0.1) is 0 Å². The molecule has 10 heteroatoms. The third-order valence-corrected chi connectivity index (χ3v) is 5.52. The SMILES string of the molecule is CC(NS(=O)(=O)N1CCN(C=O)CC1)c1ccc(C(F)(F)F)cc1. The second kappa shape index (κ2) is 7.08. The van der Waals surface area contributed by atoms with Crippen molar-refractivity contribution in [1.29, 1.82) is 0 Å². The summed E-state index contributed by atoms with van der Waals surface area (Å²) >= 11 is 0. The van der Waals surface area contributed by atoms with Crippen molar-refractivity contribution in [3.8, 4) is 0 Å². The maximum atomic E-state index is 12.5. The van der Waals surface area contributed by atoms with Crippen molar-refractivity contribution in [2.45, 2.75) is 19.1 Å². The summed E-state index contributed by atoms with van der Waals surface area (Å²) in [5, 5.41) is 0. The van der Waals surface area contributed by atoms with Crippen LogP contribution in [0.5, 0.6) is 0 Å². The molecule has 1 heterocycles. The Morgan fingerprint density at radius 2 is 1.67 bits per heavy atom. The van der Waals surface area contributed by atoms with Crippen LogP contribution in [0.1, 0.15) is 24.1 Å². The predicted octanol–water partition coefficient (Wildman–Crippen LogP) is 1.37. The van der Waals surface area contributed by atoms with Crippen LogP contribution in [0.15, 0.2) is 24.3 Å². The highest BCUT2D eigenvalue weighted by Gasteiger charge is 2.31. The molecule has 1 atom stereocenters. The lowest BCUT2D eigenvalue weighted by Crippen LogP contribution is -2.51. The third kappa shape index (κ3) is 4.46. The van der Waals surface area contributed by atoms with E-state index in [-0.39, 0.29) is 13.1 Å². The van der Waals surface area contributed by atoms with E-state index in [0.717, 1.165) is 12.1 Å². The lowest BCUT2D eigenvalue weighted by Gasteiger charge is -2.32. The average Bonchev–Trinajstić information content (AvgIpc) is 2.54. The predicted molar refractivity (Wildman–Crippen MR) is 81.1 cm³/mol. The fourth-order valence-corrected chi connectivity index (χ4v) is 3.75. The zero-order chi connectivity index (χ0) is 18.0. The van der Waals surface area contributed by atoms with Crippen LogP contribution >= 0.6 is 0 Å². The molecule has 1 unspecified atom stereocenters. The lowest BCUT2D eigenvalue weighted by atomic mass is 10.1. The molecule has 0 radical (unpaired) electrons. The number of nitrogens with zero attached hydrogens (tertiary/aromatic N) is 2. The summed E-state index contributed by atoms with van der Waals surface area (Å²) in [6.45, 7) is 2.52. The van der Waals surface area contributed by atoms with Crippen LogP contribution in [-0.2, 0) is 21.2 Å². The number of halogens is 3. The van der Waals surface area contributed by atoms with Crippen molar-refractivity contribution in [2.75, 3.05) is 26.2 Å². The number of benzene rings is 1. The summed E-state index contributed by atoms with van der Waals surface area (Å²) in [6, 6.07) is 3.66. The van der Waals surface area contributed by atoms with Gasteiger partial charge in [0.15, 0.2) is 0 Å². The summed E-state index contributed by atoms with van der Waals surface area (Å²) in [6.07, 6.45) is -3.76. The molecule has 2 rings (SSSR count). The Balaban J connectivity index is 2.03. The van der Waals surface area contributed by atoms with Gasteiger partial charge in [0.2, 0.25) is 6.41 Å². The second-order valence-electron chi connectivity index (χ2n) is 5.50. The van der Waals surface area contributed by atoms with E-state index in [4.69, 9.17) is 0 Å². The van der Waals surface area contributed by atoms with E-state index in [1.165, 1.54) is 21.3 Å². The van der Waals surface area contributed by atoms with Gasteiger partial charge in [-0.1, -0.05) is 12.1 Å². The minimum Gasteiger partial charge on any atom is -0.343 e. The van der Waals surface area contributed by atoms with E-state index >= 15 is 0 Å². The number of carbonyl (C=O) groups excluding carboxylic acids is 1. The number of hydrogen-bond donors (Lipinski definition) is 1. The number of carbonyl (C=O) groups is 1. The van der Waals surface area contributed by atoms with Crippen molar-refractivity contribution in [3.63, 3.8) is 0 Å². The quantitative estimate of drug-likeness (QED) is 0.802. The van der Waals surface area contributed by atoms with Crippen LogP contribution in [0.2, 0.25) is 0 Å². The molecule has 6 nitrogen and oxygen atoms in total. The summed E-state index contributed by atoms with van der Waals surface area (Å²) < 4.78 is 65.9.